The molecule has 1 aromatic carbocycles. The minimum absolute atomic E-state index is 0.128. The minimum atomic E-state index is -3.82. The third-order valence-corrected chi connectivity index (χ3v) is 3.27. The molecule has 0 aliphatic heterocycles. The Balaban J connectivity index is 2.69. The van der Waals surface area contributed by atoms with E-state index in [9.17, 15) is 22.0 Å². The van der Waals surface area contributed by atoms with E-state index in [0.29, 0.717) is 7.11 Å². The van der Waals surface area contributed by atoms with Gasteiger partial charge in [-0.05, 0) is 6.07 Å². The first kappa shape index (κ1) is 15.0. The predicted molar refractivity (Wildman–Crippen MR) is 64.5 cm³/mol. The molecule has 0 heterocycles. The molecule has 2 atom stereocenters. The van der Waals surface area contributed by atoms with Gasteiger partial charge in [0, 0.05) is 17.7 Å². The van der Waals surface area contributed by atoms with Crippen LogP contribution in [0, 0.1) is 0 Å². The van der Waals surface area contributed by atoms with Gasteiger partial charge >= 0.3 is 5.85 Å². The van der Waals surface area contributed by atoms with Crippen molar-refractivity contribution in [2.24, 2.45) is 0 Å². The van der Waals surface area contributed by atoms with Gasteiger partial charge in [-0.25, -0.2) is 22.0 Å². The Morgan fingerprint density at radius 2 is 1.80 bits per heavy atom. The number of alkyl halides is 2. The van der Waals surface area contributed by atoms with E-state index in [1.165, 1.54) is 18.2 Å². The molecule has 1 nitrogen and oxygen atoms in total. The monoisotopic (exact) mass is 310 g/mol. The quantitative estimate of drug-likeness (QED) is 0.711. The zero-order valence-corrected chi connectivity index (χ0v) is 10.8. The van der Waals surface area contributed by atoms with E-state index in [0.717, 1.165) is 6.07 Å². The lowest BCUT2D eigenvalue weighted by atomic mass is 9.92. The first-order valence-corrected chi connectivity index (χ1v) is 5.81. The molecule has 0 radical (unpaired) electrons. The first-order valence-electron chi connectivity index (χ1n) is 5.43. The second kappa shape index (κ2) is 5.18. The molecule has 1 aromatic rings. The third kappa shape index (κ3) is 2.03. The molecule has 0 saturated heterocycles. The summed E-state index contributed by atoms with van der Waals surface area (Å²) in [6.45, 7) is 0. The summed E-state index contributed by atoms with van der Waals surface area (Å²) in [6, 6.07) is 5.28. The first-order chi connectivity index (χ1) is 9.34. The van der Waals surface area contributed by atoms with Crippen molar-refractivity contribution in [1.82, 2.24) is 0 Å². The number of halogens is 6. The molecule has 2 unspecified atom stereocenters. The topological polar surface area (TPSA) is 9.23 Å². The van der Waals surface area contributed by atoms with Crippen LogP contribution in [-0.4, -0.2) is 19.1 Å². The van der Waals surface area contributed by atoms with Crippen LogP contribution in [0.25, 0.3) is 5.57 Å². The fourth-order valence-electron chi connectivity index (χ4n) is 1.87. The molecule has 0 N–H and O–H groups in total. The highest BCUT2D eigenvalue weighted by atomic mass is 35.5. The van der Waals surface area contributed by atoms with Crippen LogP contribution in [0.15, 0.2) is 41.7 Å². The van der Waals surface area contributed by atoms with Gasteiger partial charge in [0.15, 0.2) is 11.7 Å². The number of ether oxygens (including phenoxy) is 1. The van der Waals surface area contributed by atoms with Crippen LogP contribution in [-0.2, 0) is 4.74 Å². The second-order valence-electron chi connectivity index (χ2n) is 4.04. The van der Waals surface area contributed by atoms with Gasteiger partial charge in [-0.3, -0.25) is 0 Å². The van der Waals surface area contributed by atoms with Crippen LogP contribution in [0.5, 0.6) is 0 Å². The Bertz CT molecular complexity index is 613. The van der Waals surface area contributed by atoms with E-state index in [1.807, 2.05) is 0 Å². The summed E-state index contributed by atoms with van der Waals surface area (Å²) in [5.41, 5.74) is -1.33. The zero-order valence-electron chi connectivity index (χ0n) is 10.1. The predicted octanol–water partition coefficient (Wildman–Crippen LogP) is 4.84. The van der Waals surface area contributed by atoms with Crippen LogP contribution in [0.1, 0.15) is 5.56 Å². The largest absolute Gasteiger partial charge is 0.341 e. The summed E-state index contributed by atoms with van der Waals surface area (Å²) in [5.74, 6) is -9.68. The maximum absolute atomic E-state index is 13.9. The van der Waals surface area contributed by atoms with Crippen LogP contribution in [0.2, 0.25) is 5.02 Å². The van der Waals surface area contributed by atoms with Crippen molar-refractivity contribution in [3.8, 4) is 0 Å². The van der Waals surface area contributed by atoms with Crippen LogP contribution < -0.4 is 0 Å². The van der Waals surface area contributed by atoms with Crippen molar-refractivity contribution < 1.29 is 26.7 Å². The van der Waals surface area contributed by atoms with Crippen molar-refractivity contribution >= 4 is 17.2 Å². The number of allylic oxidation sites excluding steroid dienone is 2. The number of benzene rings is 1. The number of rotatable bonds is 2. The molecule has 20 heavy (non-hydrogen) atoms. The molecule has 0 saturated carbocycles. The van der Waals surface area contributed by atoms with Crippen molar-refractivity contribution in [2.75, 3.05) is 7.11 Å². The van der Waals surface area contributed by atoms with Gasteiger partial charge in [0.05, 0.1) is 5.57 Å². The summed E-state index contributed by atoms with van der Waals surface area (Å²) in [4.78, 5) is 0. The molecule has 0 aromatic heterocycles. The lowest BCUT2D eigenvalue weighted by Gasteiger charge is -2.30. The molecule has 1 aliphatic rings. The molecular weight excluding hydrogens is 303 g/mol. The van der Waals surface area contributed by atoms with Gasteiger partial charge in [0.2, 0.25) is 12.0 Å². The fraction of sp³-hybridized carbons (Fsp3) is 0.231. The molecule has 0 amide bonds. The summed E-state index contributed by atoms with van der Waals surface area (Å²) in [7, 11) is 0.604. The van der Waals surface area contributed by atoms with E-state index >= 15 is 0 Å². The Morgan fingerprint density at radius 1 is 1.20 bits per heavy atom. The smallest absolute Gasteiger partial charge is 0.302 e. The van der Waals surface area contributed by atoms with Crippen LogP contribution in [0.4, 0.5) is 22.0 Å². The highest BCUT2D eigenvalue weighted by Crippen LogP contribution is 2.48. The van der Waals surface area contributed by atoms with Gasteiger partial charge in [-0.15, -0.1) is 0 Å². The maximum atomic E-state index is 13.9. The SMILES string of the molecule is COC1(F)C(F)=C(F)C(c2ccccc2Cl)=C(F)C1F. The minimum Gasteiger partial charge on any atom is -0.341 e. The Kier molecular flexibility index (Phi) is 3.88. The lowest BCUT2D eigenvalue weighted by Crippen LogP contribution is -2.41. The molecule has 0 bridgehead atoms. The molecular formula is C13H8ClF5O. The van der Waals surface area contributed by atoms with Crippen LogP contribution >= 0.6 is 11.6 Å². The highest BCUT2D eigenvalue weighted by Gasteiger charge is 2.54. The van der Waals surface area contributed by atoms with Crippen LogP contribution in [0.3, 0.4) is 0 Å². The van der Waals surface area contributed by atoms with Crippen molar-refractivity contribution in [3.63, 3.8) is 0 Å². The number of hydrogen-bond acceptors (Lipinski definition) is 1. The van der Waals surface area contributed by atoms with Gasteiger partial charge in [0.25, 0.3) is 0 Å². The second-order valence-corrected chi connectivity index (χ2v) is 4.45. The van der Waals surface area contributed by atoms with Crippen molar-refractivity contribution in [3.05, 3.63) is 52.3 Å². The van der Waals surface area contributed by atoms with Gasteiger partial charge < -0.3 is 4.74 Å². The van der Waals surface area contributed by atoms with E-state index in [2.05, 4.69) is 4.74 Å². The normalized spacial score (nSPS) is 27.2. The zero-order chi connectivity index (χ0) is 15.1. The Labute approximate surface area is 116 Å². The van der Waals surface area contributed by atoms with Gasteiger partial charge in [-0.1, -0.05) is 29.8 Å². The fourth-order valence-corrected chi connectivity index (χ4v) is 2.10. The van der Waals surface area contributed by atoms with E-state index in [-0.39, 0.29) is 10.6 Å². The molecule has 0 fully saturated rings. The lowest BCUT2D eigenvalue weighted by molar-refractivity contribution is -0.149. The van der Waals surface area contributed by atoms with E-state index in [1.54, 1.807) is 0 Å². The molecule has 7 heteroatoms. The average molecular weight is 311 g/mol. The third-order valence-electron chi connectivity index (χ3n) is 2.94. The summed E-state index contributed by atoms with van der Waals surface area (Å²) in [5, 5.41) is -0.128. The Morgan fingerprint density at radius 3 is 2.35 bits per heavy atom. The molecule has 108 valence electrons. The van der Waals surface area contributed by atoms with Gasteiger partial charge in [0.1, 0.15) is 0 Å². The molecule has 1 aliphatic carbocycles. The molecule has 0 spiro atoms. The standard InChI is InChI=1S/C13H8ClF5O/c1-20-13(19)11(17)9(15)8(10(16)12(13)18)6-4-2-3-5-7(6)14/h2-5,11H,1H3. The summed E-state index contributed by atoms with van der Waals surface area (Å²) >= 11 is 5.73. The van der Waals surface area contributed by atoms with Crippen molar-refractivity contribution in [2.45, 2.75) is 12.0 Å². The number of methoxy groups -OCH3 is 1. The number of hydrogen-bond donors (Lipinski definition) is 0. The van der Waals surface area contributed by atoms with E-state index in [4.69, 9.17) is 11.6 Å². The van der Waals surface area contributed by atoms with E-state index < -0.39 is 35.1 Å². The Hall–Kier alpha value is -1.40. The average Bonchev–Trinajstić information content (AvgIpc) is 2.45. The molecule has 2 rings (SSSR count). The maximum Gasteiger partial charge on any atom is 0.302 e. The van der Waals surface area contributed by atoms with Crippen molar-refractivity contribution in [1.29, 1.82) is 0 Å². The summed E-state index contributed by atoms with van der Waals surface area (Å²) < 4.78 is 72.9. The highest BCUT2D eigenvalue weighted by molar-refractivity contribution is 6.32. The summed E-state index contributed by atoms with van der Waals surface area (Å²) in [6.07, 6.45) is -3.13. The van der Waals surface area contributed by atoms with Gasteiger partial charge in [-0.2, -0.15) is 0 Å².